The Hall–Kier alpha value is -2.93. The van der Waals surface area contributed by atoms with Crippen LogP contribution >= 0.6 is 39.1 Å². The minimum absolute atomic E-state index is 0.286. The van der Waals surface area contributed by atoms with Gasteiger partial charge in [-0.1, -0.05) is 57.3 Å². The molecule has 1 heterocycles. The molecule has 0 atom stereocenters. The molecule has 0 bridgehead atoms. The number of amides is 1. The van der Waals surface area contributed by atoms with Crippen molar-refractivity contribution in [3.8, 4) is 11.3 Å². The Bertz CT molecular complexity index is 1390. The van der Waals surface area contributed by atoms with E-state index in [9.17, 15) is 9.59 Å². The van der Waals surface area contributed by atoms with Crippen molar-refractivity contribution in [3.63, 3.8) is 0 Å². The Morgan fingerprint density at radius 3 is 2.58 bits per heavy atom. The second-order valence-corrected chi connectivity index (χ2v) is 8.98. The van der Waals surface area contributed by atoms with Crippen LogP contribution in [0.5, 0.6) is 0 Å². The topological polar surface area (TPSA) is 68.3 Å². The summed E-state index contributed by atoms with van der Waals surface area (Å²) in [5.41, 5.74) is 3.60. The molecule has 166 valence electrons. The Morgan fingerprint density at radius 1 is 1.03 bits per heavy atom. The lowest BCUT2D eigenvalue weighted by atomic mass is 10.0. The molecule has 1 amide bonds. The largest absolute Gasteiger partial charge is 0.452 e. The number of anilines is 1. The molecule has 0 fully saturated rings. The number of ether oxygens (including phenoxy) is 1. The highest BCUT2D eigenvalue weighted by atomic mass is 79.9. The molecule has 0 aliphatic carbocycles. The van der Waals surface area contributed by atoms with E-state index in [1.54, 1.807) is 48.5 Å². The first kappa shape index (κ1) is 23.2. The third-order valence-electron chi connectivity index (χ3n) is 4.92. The van der Waals surface area contributed by atoms with Gasteiger partial charge in [0.2, 0.25) is 0 Å². The van der Waals surface area contributed by atoms with Crippen LogP contribution in [0.2, 0.25) is 10.0 Å². The predicted molar refractivity (Wildman–Crippen MR) is 135 cm³/mol. The zero-order chi connectivity index (χ0) is 23.5. The zero-order valence-electron chi connectivity index (χ0n) is 17.4. The maximum Gasteiger partial charge on any atom is 0.339 e. The summed E-state index contributed by atoms with van der Waals surface area (Å²) in [6.45, 7) is 1.49. The molecule has 33 heavy (non-hydrogen) atoms. The van der Waals surface area contributed by atoms with E-state index in [1.165, 1.54) is 0 Å². The van der Waals surface area contributed by atoms with E-state index in [-0.39, 0.29) is 5.56 Å². The quantitative estimate of drug-likeness (QED) is 0.273. The number of pyridine rings is 1. The van der Waals surface area contributed by atoms with Crippen molar-refractivity contribution < 1.29 is 14.3 Å². The summed E-state index contributed by atoms with van der Waals surface area (Å²) in [5.74, 6) is -1.08. The van der Waals surface area contributed by atoms with Crippen molar-refractivity contribution in [2.45, 2.75) is 6.92 Å². The third kappa shape index (κ3) is 5.36. The van der Waals surface area contributed by atoms with Gasteiger partial charge in [0.1, 0.15) is 0 Å². The van der Waals surface area contributed by atoms with Crippen LogP contribution in [0.15, 0.2) is 71.2 Å². The summed E-state index contributed by atoms with van der Waals surface area (Å²) in [6.07, 6.45) is 0. The lowest BCUT2D eigenvalue weighted by molar-refractivity contribution is -0.119. The van der Waals surface area contributed by atoms with E-state index < -0.39 is 18.5 Å². The molecule has 5 nitrogen and oxygen atoms in total. The highest BCUT2D eigenvalue weighted by Crippen LogP contribution is 2.32. The normalized spacial score (nSPS) is 10.8. The molecule has 0 radical (unpaired) electrons. The van der Waals surface area contributed by atoms with E-state index in [4.69, 9.17) is 27.9 Å². The van der Waals surface area contributed by atoms with E-state index in [1.807, 2.05) is 25.1 Å². The van der Waals surface area contributed by atoms with Gasteiger partial charge in [-0.05, 0) is 61.0 Å². The molecule has 0 saturated carbocycles. The number of fused-ring (bicyclic) bond motifs is 1. The van der Waals surface area contributed by atoms with Gasteiger partial charge in [0.25, 0.3) is 5.91 Å². The summed E-state index contributed by atoms with van der Waals surface area (Å²) in [6, 6.07) is 19.3. The smallest absolute Gasteiger partial charge is 0.339 e. The van der Waals surface area contributed by atoms with Crippen molar-refractivity contribution in [1.82, 2.24) is 4.98 Å². The highest BCUT2D eigenvalue weighted by Gasteiger charge is 2.18. The number of carbonyl (C=O) groups excluding carboxylic acids is 2. The maximum absolute atomic E-state index is 12.9. The first-order valence-corrected chi connectivity index (χ1v) is 11.4. The number of esters is 1. The fourth-order valence-electron chi connectivity index (χ4n) is 3.31. The van der Waals surface area contributed by atoms with Gasteiger partial charge >= 0.3 is 5.97 Å². The van der Waals surface area contributed by atoms with Crippen molar-refractivity contribution in [3.05, 3.63) is 92.4 Å². The first-order chi connectivity index (χ1) is 15.8. The lowest BCUT2D eigenvalue weighted by Crippen LogP contribution is -2.21. The monoisotopic (exact) mass is 542 g/mol. The summed E-state index contributed by atoms with van der Waals surface area (Å²) in [5, 5.41) is 4.24. The van der Waals surface area contributed by atoms with Crippen LogP contribution in [0.4, 0.5) is 5.69 Å². The summed E-state index contributed by atoms with van der Waals surface area (Å²) >= 11 is 15.8. The molecule has 0 aliphatic heterocycles. The van der Waals surface area contributed by atoms with Gasteiger partial charge in [-0.3, -0.25) is 4.79 Å². The molecule has 1 aromatic heterocycles. The number of hydrogen-bond acceptors (Lipinski definition) is 4. The average Bonchev–Trinajstić information content (AvgIpc) is 2.79. The Balaban J connectivity index is 1.58. The molecular formula is C25H17BrCl2N2O3. The van der Waals surface area contributed by atoms with Crippen LogP contribution in [0.3, 0.4) is 0 Å². The van der Waals surface area contributed by atoms with Crippen LogP contribution in [-0.2, 0) is 9.53 Å². The molecule has 4 aromatic rings. The fourth-order valence-corrected chi connectivity index (χ4v) is 4.06. The number of hydrogen-bond donors (Lipinski definition) is 1. The van der Waals surface area contributed by atoms with Crippen LogP contribution in [0.25, 0.3) is 22.2 Å². The van der Waals surface area contributed by atoms with Crippen LogP contribution in [-0.4, -0.2) is 23.5 Å². The number of aromatic nitrogens is 1. The van der Waals surface area contributed by atoms with Gasteiger partial charge in [-0.2, -0.15) is 0 Å². The zero-order valence-corrected chi connectivity index (χ0v) is 20.5. The number of halogens is 3. The first-order valence-electron chi connectivity index (χ1n) is 9.90. The number of rotatable bonds is 5. The minimum Gasteiger partial charge on any atom is -0.452 e. The predicted octanol–water partition coefficient (Wildman–Crippen LogP) is 7.08. The van der Waals surface area contributed by atoms with Crippen LogP contribution in [0.1, 0.15) is 15.9 Å². The number of nitrogens with one attached hydrogen (secondary N) is 1. The summed E-state index contributed by atoms with van der Waals surface area (Å²) in [4.78, 5) is 29.9. The molecule has 0 aliphatic rings. The van der Waals surface area contributed by atoms with Crippen LogP contribution < -0.4 is 5.32 Å². The SMILES string of the molecule is Cc1cc(NC(=O)COC(=O)c2cc(-c3ccc(Cl)cc3Cl)nc3ccccc23)ccc1Br. The van der Waals surface area contributed by atoms with Crippen molar-refractivity contribution in [2.24, 2.45) is 0 Å². The Morgan fingerprint density at radius 2 is 1.82 bits per heavy atom. The van der Waals surface area contributed by atoms with Gasteiger partial charge in [0.05, 0.1) is 21.8 Å². The molecule has 1 N–H and O–H groups in total. The molecular weight excluding hydrogens is 527 g/mol. The van der Waals surface area contributed by atoms with Gasteiger partial charge in [0.15, 0.2) is 6.61 Å². The van der Waals surface area contributed by atoms with E-state index in [2.05, 4.69) is 26.2 Å². The average molecular weight is 544 g/mol. The van der Waals surface area contributed by atoms with E-state index in [0.29, 0.717) is 37.9 Å². The summed E-state index contributed by atoms with van der Waals surface area (Å²) in [7, 11) is 0. The van der Waals surface area contributed by atoms with Crippen molar-refractivity contribution in [1.29, 1.82) is 0 Å². The number of aryl methyl sites for hydroxylation is 1. The number of nitrogens with zero attached hydrogens (tertiary/aromatic N) is 1. The van der Waals surface area contributed by atoms with E-state index >= 15 is 0 Å². The van der Waals surface area contributed by atoms with Gasteiger partial charge in [0, 0.05) is 26.1 Å². The molecule has 0 spiro atoms. The Kier molecular flexibility index (Phi) is 6.98. The lowest BCUT2D eigenvalue weighted by Gasteiger charge is -2.11. The third-order valence-corrected chi connectivity index (χ3v) is 6.36. The standard InChI is InChI=1S/C25H17BrCl2N2O3/c1-14-10-16(7-9-20(14)26)29-24(31)13-33-25(32)19-12-23(18-8-6-15(27)11-21(18)28)30-22-5-3-2-4-17(19)22/h2-12H,13H2,1H3,(H,29,31). The molecule has 0 saturated heterocycles. The van der Waals surface area contributed by atoms with Crippen molar-refractivity contribution in [2.75, 3.05) is 11.9 Å². The molecule has 3 aromatic carbocycles. The van der Waals surface area contributed by atoms with Gasteiger partial charge in [-0.15, -0.1) is 0 Å². The molecule has 8 heteroatoms. The highest BCUT2D eigenvalue weighted by molar-refractivity contribution is 9.10. The number of benzene rings is 3. The minimum atomic E-state index is -0.637. The summed E-state index contributed by atoms with van der Waals surface area (Å²) < 4.78 is 6.26. The number of carbonyl (C=O) groups is 2. The Labute approximate surface area is 208 Å². The van der Waals surface area contributed by atoms with Gasteiger partial charge < -0.3 is 10.1 Å². The fraction of sp³-hybridized carbons (Fsp3) is 0.0800. The van der Waals surface area contributed by atoms with Crippen molar-refractivity contribution >= 4 is 67.6 Å². The number of para-hydroxylation sites is 1. The van der Waals surface area contributed by atoms with Gasteiger partial charge in [-0.25, -0.2) is 9.78 Å². The molecule has 4 rings (SSSR count). The van der Waals surface area contributed by atoms with E-state index in [0.717, 1.165) is 10.0 Å². The molecule has 0 unspecified atom stereocenters. The second kappa shape index (κ2) is 9.91. The van der Waals surface area contributed by atoms with Crippen LogP contribution in [0, 0.1) is 6.92 Å². The second-order valence-electron chi connectivity index (χ2n) is 7.28. The maximum atomic E-state index is 12.9.